The Kier molecular flexibility index (Phi) is 5.82. The van der Waals surface area contributed by atoms with Crippen molar-refractivity contribution < 1.29 is 5.11 Å². The van der Waals surface area contributed by atoms with Crippen LogP contribution in [0.1, 0.15) is 30.9 Å². The first-order valence-electron chi connectivity index (χ1n) is 7.70. The van der Waals surface area contributed by atoms with Gasteiger partial charge in [-0.3, -0.25) is 0 Å². The zero-order valence-corrected chi connectivity index (χ0v) is 12.9. The highest BCUT2D eigenvalue weighted by molar-refractivity contribution is 5.26. The summed E-state index contributed by atoms with van der Waals surface area (Å²) in [5, 5.41) is 12.8. The van der Waals surface area contributed by atoms with E-state index < -0.39 is 0 Å². The summed E-state index contributed by atoms with van der Waals surface area (Å²) in [7, 11) is 0. The third kappa shape index (κ3) is 4.91. The van der Waals surface area contributed by atoms with E-state index in [1.165, 1.54) is 11.1 Å². The molecular weight excluding hydrogens is 258 g/mol. The lowest BCUT2D eigenvalue weighted by molar-refractivity contribution is 0.463. The smallest absolute Gasteiger partial charge is 0.115 e. The van der Waals surface area contributed by atoms with Crippen LogP contribution in [0.2, 0.25) is 0 Å². The lowest BCUT2D eigenvalue weighted by Gasteiger charge is -2.22. The highest BCUT2D eigenvalue weighted by Crippen LogP contribution is 2.23. The minimum atomic E-state index is 0.329. The van der Waals surface area contributed by atoms with E-state index in [1.54, 1.807) is 12.1 Å². The summed E-state index contributed by atoms with van der Waals surface area (Å²) in [5.41, 5.74) is 2.66. The van der Waals surface area contributed by atoms with Crippen LogP contribution in [0.15, 0.2) is 54.6 Å². The van der Waals surface area contributed by atoms with Gasteiger partial charge in [-0.15, -0.1) is 0 Å². The van der Waals surface area contributed by atoms with Gasteiger partial charge in [-0.25, -0.2) is 0 Å². The fourth-order valence-corrected chi connectivity index (χ4v) is 2.59. The van der Waals surface area contributed by atoms with E-state index in [1.807, 2.05) is 12.1 Å². The Morgan fingerprint density at radius 2 is 1.62 bits per heavy atom. The summed E-state index contributed by atoms with van der Waals surface area (Å²) in [5.74, 6) is 1.50. The van der Waals surface area contributed by atoms with Crippen LogP contribution in [0.4, 0.5) is 0 Å². The van der Waals surface area contributed by atoms with Crippen molar-refractivity contribution >= 4 is 0 Å². The van der Waals surface area contributed by atoms with Crippen LogP contribution in [-0.4, -0.2) is 18.2 Å². The van der Waals surface area contributed by atoms with Gasteiger partial charge in [0.1, 0.15) is 5.75 Å². The van der Waals surface area contributed by atoms with Crippen molar-refractivity contribution in [2.45, 2.75) is 26.2 Å². The molecule has 21 heavy (non-hydrogen) atoms. The Morgan fingerprint density at radius 1 is 0.952 bits per heavy atom. The minimum Gasteiger partial charge on any atom is -0.508 e. The average molecular weight is 283 g/mol. The summed E-state index contributed by atoms with van der Waals surface area (Å²) in [6, 6.07) is 18.2. The van der Waals surface area contributed by atoms with E-state index in [0.29, 0.717) is 17.6 Å². The number of hydrogen-bond donors (Lipinski definition) is 2. The van der Waals surface area contributed by atoms with Gasteiger partial charge in [0, 0.05) is 6.54 Å². The van der Waals surface area contributed by atoms with Crippen molar-refractivity contribution in [2.24, 2.45) is 5.92 Å². The summed E-state index contributed by atoms with van der Waals surface area (Å²) >= 11 is 0. The highest BCUT2D eigenvalue weighted by Gasteiger charge is 2.14. The Labute approximate surface area is 127 Å². The Bertz CT molecular complexity index is 519. The molecule has 2 rings (SSSR count). The maximum Gasteiger partial charge on any atom is 0.115 e. The third-order valence-electron chi connectivity index (χ3n) is 3.92. The third-order valence-corrected chi connectivity index (χ3v) is 3.92. The summed E-state index contributed by atoms with van der Waals surface area (Å²) in [6.45, 7) is 6.51. The first-order valence-corrected chi connectivity index (χ1v) is 7.70. The zero-order valence-electron chi connectivity index (χ0n) is 12.9. The molecule has 2 nitrogen and oxygen atoms in total. The molecule has 1 atom stereocenters. The summed E-state index contributed by atoms with van der Waals surface area (Å²) in [6.07, 6.45) is 0.986. The van der Waals surface area contributed by atoms with Gasteiger partial charge in [0.05, 0.1) is 0 Å². The molecule has 0 aliphatic rings. The monoisotopic (exact) mass is 283 g/mol. The Hall–Kier alpha value is -1.80. The lowest BCUT2D eigenvalue weighted by atomic mass is 9.88. The van der Waals surface area contributed by atoms with Gasteiger partial charge >= 0.3 is 0 Å². The van der Waals surface area contributed by atoms with E-state index in [0.717, 1.165) is 19.5 Å². The first kappa shape index (κ1) is 15.6. The maximum atomic E-state index is 9.27. The van der Waals surface area contributed by atoms with Crippen LogP contribution in [-0.2, 0) is 6.42 Å². The highest BCUT2D eigenvalue weighted by atomic mass is 16.3. The van der Waals surface area contributed by atoms with E-state index in [-0.39, 0.29) is 0 Å². The van der Waals surface area contributed by atoms with Crippen LogP contribution in [0, 0.1) is 5.92 Å². The molecule has 0 saturated heterocycles. The predicted octanol–water partition coefficient (Wildman–Crippen LogP) is 3.96. The van der Waals surface area contributed by atoms with Crippen molar-refractivity contribution in [3.63, 3.8) is 0 Å². The second-order valence-corrected chi connectivity index (χ2v) is 5.88. The van der Waals surface area contributed by atoms with Gasteiger partial charge < -0.3 is 10.4 Å². The molecule has 2 heteroatoms. The molecule has 2 N–H and O–H groups in total. The molecule has 0 saturated carbocycles. The molecule has 0 heterocycles. The molecule has 2 aromatic carbocycles. The predicted molar refractivity (Wildman–Crippen MR) is 88.7 cm³/mol. The van der Waals surface area contributed by atoms with Crippen LogP contribution >= 0.6 is 0 Å². The summed E-state index contributed by atoms with van der Waals surface area (Å²) in [4.78, 5) is 0. The first-order chi connectivity index (χ1) is 10.2. The number of rotatable bonds is 7. The zero-order chi connectivity index (χ0) is 15.1. The van der Waals surface area contributed by atoms with Crippen molar-refractivity contribution in [3.05, 3.63) is 65.7 Å². The molecule has 2 aromatic rings. The quantitative estimate of drug-likeness (QED) is 0.754. The van der Waals surface area contributed by atoms with E-state index >= 15 is 0 Å². The van der Waals surface area contributed by atoms with Crippen LogP contribution in [0.3, 0.4) is 0 Å². The number of benzene rings is 2. The van der Waals surface area contributed by atoms with Gasteiger partial charge in [-0.2, -0.15) is 0 Å². The summed E-state index contributed by atoms with van der Waals surface area (Å²) < 4.78 is 0. The fourth-order valence-electron chi connectivity index (χ4n) is 2.59. The van der Waals surface area contributed by atoms with Crippen molar-refractivity contribution in [2.75, 3.05) is 13.1 Å². The molecule has 0 bridgehead atoms. The molecule has 0 amide bonds. The average Bonchev–Trinajstić information content (AvgIpc) is 2.49. The van der Waals surface area contributed by atoms with Gasteiger partial charge in [0.15, 0.2) is 0 Å². The molecular formula is C19H25NO. The second-order valence-electron chi connectivity index (χ2n) is 5.88. The number of phenolic OH excluding ortho intramolecular Hbond substituents is 1. The van der Waals surface area contributed by atoms with Crippen molar-refractivity contribution in [3.8, 4) is 5.75 Å². The van der Waals surface area contributed by atoms with Crippen molar-refractivity contribution in [1.29, 1.82) is 0 Å². The van der Waals surface area contributed by atoms with Crippen LogP contribution in [0.25, 0.3) is 0 Å². The fraction of sp³-hybridized carbons (Fsp3) is 0.368. The SMILES string of the molecule is CC(C)C(CNCCc1ccc(O)cc1)c1ccccc1. The van der Waals surface area contributed by atoms with Crippen molar-refractivity contribution in [1.82, 2.24) is 5.32 Å². The number of hydrogen-bond acceptors (Lipinski definition) is 2. The molecule has 0 spiro atoms. The maximum absolute atomic E-state index is 9.27. The van der Waals surface area contributed by atoms with Crippen LogP contribution < -0.4 is 5.32 Å². The minimum absolute atomic E-state index is 0.329. The van der Waals surface area contributed by atoms with E-state index in [2.05, 4.69) is 49.5 Å². The van der Waals surface area contributed by atoms with E-state index in [4.69, 9.17) is 0 Å². The Balaban J connectivity index is 1.81. The molecule has 0 radical (unpaired) electrons. The molecule has 1 unspecified atom stereocenters. The topological polar surface area (TPSA) is 32.3 Å². The molecule has 112 valence electrons. The second kappa shape index (κ2) is 7.84. The molecule has 0 aliphatic heterocycles. The van der Waals surface area contributed by atoms with Gasteiger partial charge in [-0.1, -0.05) is 56.3 Å². The van der Waals surface area contributed by atoms with Gasteiger partial charge in [-0.05, 0) is 48.1 Å². The number of aromatic hydroxyl groups is 1. The molecule has 0 aliphatic carbocycles. The van der Waals surface area contributed by atoms with Crippen LogP contribution in [0.5, 0.6) is 5.75 Å². The largest absolute Gasteiger partial charge is 0.508 e. The lowest BCUT2D eigenvalue weighted by Crippen LogP contribution is -2.26. The van der Waals surface area contributed by atoms with E-state index in [9.17, 15) is 5.11 Å². The Morgan fingerprint density at radius 3 is 2.24 bits per heavy atom. The normalized spacial score (nSPS) is 12.5. The molecule has 0 aromatic heterocycles. The number of nitrogens with one attached hydrogen (secondary N) is 1. The number of phenols is 1. The van der Waals surface area contributed by atoms with Gasteiger partial charge in [0.25, 0.3) is 0 Å². The molecule has 0 fully saturated rings. The van der Waals surface area contributed by atoms with Gasteiger partial charge in [0.2, 0.25) is 0 Å². The standard InChI is InChI=1S/C19H25NO/c1-15(2)19(17-6-4-3-5-7-17)14-20-13-12-16-8-10-18(21)11-9-16/h3-11,15,19-21H,12-14H2,1-2H3.